The summed E-state index contributed by atoms with van der Waals surface area (Å²) in [5.41, 5.74) is -0.474. The minimum atomic E-state index is -8.73. The minimum absolute atomic E-state index is 0.0211. The molecule has 1 aromatic carbocycles. The van der Waals surface area contributed by atoms with Crippen molar-refractivity contribution >= 4 is 6.29 Å². The van der Waals surface area contributed by atoms with E-state index in [1.165, 1.54) is 0 Å². The van der Waals surface area contributed by atoms with Gasteiger partial charge in [0, 0.05) is 5.56 Å². The van der Waals surface area contributed by atoms with Crippen LogP contribution in [0.15, 0.2) is 18.2 Å². The lowest BCUT2D eigenvalue weighted by Crippen LogP contribution is -2.74. The third-order valence-electron chi connectivity index (χ3n) is 4.26. The van der Waals surface area contributed by atoms with E-state index >= 15 is 0 Å². The summed E-state index contributed by atoms with van der Waals surface area (Å²) < 4.78 is 232. The number of rotatable bonds is 10. The number of carbonyl (C=O) groups is 1. The average molecular weight is 570 g/mol. The largest absolute Gasteiger partial charge is 0.493 e. The molecule has 0 aromatic heterocycles. The molecule has 0 aliphatic rings. The van der Waals surface area contributed by atoms with Crippen LogP contribution in [0, 0.1) is 0 Å². The molecule has 0 atom stereocenters. The summed E-state index contributed by atoms with van der Waals surface area (Å²) in [6.07, 6.45) is -14.9. The van der Waals surface area contributed by atoms with Crippen molar-refractivity contribution in [3.05, 3.63) is 23.8 Å². The van der Waals surface area contributed by atoms with Gasteiger partial charge in [0.05, 0.1) is 7.11 Å². The van der Waals surface area contributed by atoms with Crippen molar-refractivity contribution in [1.82, 2.24) is 0 Å². The molecule has 1 rings (SSSR count). The molecule has 36 heavy (non-hydrogen) atoms. The Kier molecular flexibility index (Phi) is 7.57. The molecule has 0 aliphatic heterocycles. The van der Waals surface area contributed by atoms with Gasteiger partial charge in [-0.3, -0.25) is 4.79 Å². The van der Waals surface area contributed by atoms with Crippen LogP contribution in [0.25, 0.3) is 0 Å². The highest BCUT2D eigenvalue weighted by Gasteiger charge is 2.95. The van der Waals surface area contributed by atoms with E-state index in [2.05, 4.69) is 9.47 Å². The molecule has 0 saturated heterocycles. The predicted molar refractivity (Wildman–Crippen MR) is 79.7 cm³/mol. The Bertz CT molecular complexity index is 967. The lowest BCUT2D eigenvalue weighted by atomic mass is 9.90. The van der Waals surface area contributed by atoms with E-state index in [1.807, 2.05) is 0 Å². The molecule has 0 aliphatic carbocycles. The summed E-state index contributed by atoms with van der Waals surface area (Å²) in [7, 11) is 0.569. The Morgan fingerprint density at radius 1 is 0.583 bits per heavy atom. The summed E-state index contributed by atoms with van der Waals surface area (Å²) in [6, 6.07) is 0.979. The standard InChI is InChI=1S/C16H7F17O3/c1-35-8-4-6(5-34)2-3-7(8)36-16(32,33)14(27,28)12(23,24)10(19,20)9(17,18)11(21,22)13(25,26)15(29,30)31/h2-5H,1H3. The molecule has 208 valence electrons. The lowest BCUT2D eigenvalue weighted by Gasteiger charge is -2.42. The molecule has 0 saturated carbocycles. The van der Waals surface area contributed by atoms with Gasteiger partial charge in [0.2, 0.25) is 0 Å². The smallest absolute Gasteiger partial charge is 0.471 e. The molecule has 3 nitrogen and oxygen atoms in total. The summed E-state index contributed by atoms with van der Waals surface area (Å²) in [4.78, 5) is 10.6. The van der Waals surface area contributed by atoms with E-state index in [0.717, 1.165) is 0 Å². The number of halogens is 17. The number of benzene rings is 1. The number of carbonyl (C=O) groups excluding carboxylic acids is 1. The monoisotopic (exact) mass is 570 g/mol. The number of hydrogen-bond acceptors (Lipinski definition) is 3. The number of methoxy groups -OCH3 is 1. The van der Waals surface area contributed by atoms with Crippen molar-refractivity contribution in [2.24, 2.45) is 0 Å². The van der Waals surface area contributed by atoms with Crippen molar-refractivity contribution in [2.45, 2.75) is 47.8 Å². The molecule has 20 heteroatoms. The summed E-state index contributed by atoms with van der Waals surface area (Å²) in [5.74, 6) is -53.7. The minimum Gasteiger partial charge on any atom is -0.493 e. The predicted octanol–water partition coefficient (Wildman–Crippen LogP) is 6.85. The fraction of sp³-hybridized carbons (Fsp3) is 0.562. The maximum Gasteiger partial charge on any atom is 0.471 e. The second-order valence-corrected chi connectivity index (χ2v) is 6.59. The summed E-state index contributed by atoms with van der Waals surface area (Å²) >= 11 is 0. The van der Waals surface area contributed by atoms with Gasteiger partial charge in [0.1, 0.15) is 6.29 Å². The van der Waals surface area contributed by atoms with Crippen LogP contribution < -0.4 is 9.47 Å². The molecule has 0 heterocycles. The zero-order valence-corrected chi connectivity index (χ0v) is 16.5. The topological polar surface area (TPSA) is 35.5 Å². The maximum absolute atomic E-state index is 13.8. The summed E-state index contributed by atoms with van der Waals surface area (Å²) in [6.45, 7) is 0. The third-order valence-corrected chi connectivity index (χ3v) is 4.26. The molecule has 0 amide bonds. The zero-order valence-electron chi connectivity index (χ0n) is 16.5. The van der Waals surface area contributed by atoms with Crippen molar-refractivity contribution in [1.29, 1.82) is 0 Å². The van der Waals surface area contributed by atoms with Gasteiger partial charge in [-0.25, -0.2) is 0 Å². The molecular weight excluding hydrogens is 563 g/mol. The van der Waals surface area contributed by atoms with Crippen LogP contribution in [0.5, 0.6) is 11.5 Å². The van der Waals surface area contributed by atoms with E-state index in [9.17, 15) is 79.4 Å². The van der Waals surface area contributed by atoms with Crippen molar-refractivity contribution in [2.75, 3.05) is 7.11 Å². The van der Waals surface area contributed by atoms with E-state index in [4.69, 9.17) is 0 Å². The van der Waals surface area contributed by atoms with Crippen molar-refractivity contribution < 1.29 is 88.9 Å². The first kappa shape index (κ1) is 31.3. The van der Waals surface area contributed by atoms with Gasteiger partial charge in [0.15, 0.2) is 11.5 Å². The van der Waals surface area contributed by atoms with E-state index in [1.54, 1.807) is 0 Å². The highest BCUT2D eigenvalue weighted by molar-refractivity contribution is 5.76. The Morgan fingerprint density at radius 2 is 0.972 bits per heavy atom. The SMILES string of the molecule is COc1cc(C=O)ccc1OC(F)(F)C(F)(F)C(F)(F)C(F)(F)C(F)(F)C(F)(F)C(F)(F)C(F)(F)F. The van der Waals surface area contributed by atoms with Crippen LogP contribution in [-0.2, 0) is 0 Å². The van der Waals surface area contributed by atoms with Gasteiger partial charge in [-0.05, 0) is 18.2 Å². The van der Waals surface area contributed by atoms with Gasteiger partial charge in [-0.15, -0.1) is 0 Å². The second-order valence-electron chi connectivity index (χ2n) is 6.59. The van der Waals surface area contributed by atoms with Gasteiger partial charge < -0.3 is 9.47 Å². The average Bonchev–Trinajstić information content (AvgIpc) is 2.71. The van der Waals surface area contributed by atoms with E-state index < -0.39 is 64.9 Å². The maximum atomic E-state index is 13.8. The van der Waals surface area contributed by atoms with Crippen LogP contribution in [0.3, 0.4) is 0 Å². The fourth-order valence-electron chi connectivity index (χ4n) is 2.19. The number of hydrogen-bond donors (Lipinski definition) is 0. The molecule has 1 aromatic rings. The van der Waals surface area contributed by atoms with E-state index in [0.29, 0.717) is 19.2 Å². The first-order valence-electron chi connectivity index (χ1n) is 8.25. The molecule has 0 bridgehead atoms. The fourth-order valence-corrected chi connectivity index (χ4v) is 2.19. The van der Waals surface area contributed by atoms with Gasteiger partial charge in [0.25, 0.3) is 0 Å². The molecule has 0 unspecified atom stereocenters. The normalized spacial score (nSPS) is 15.1. The lowest BCUT2D eigenvalue weighted by molar-refractivity contribution is -0.471. The number of alkyl halides is 17. The van der Waals surface area contributed by atoms with E-state index in [-0.39, 0.29) is 12.4 Å². The Hall–Kier alpha value is -2.70. The number of aldehydes is 1. The first-order valence-corrected chi connectivity index (χ1v) is 8.25. The van der Waals surface area contributed by atoms with Crippen molar-refractivity contribution in [3.8, 4) is 11.5 Å². The molecule has 0 radical (unpaired) electrons. The van der Waals surface area contributed by atoms with Gasteiger partial charge in [-0.1, -0.05) is 0 Å². The zero-order chi connectivity index (χ0) is 29.0. The molecular formula is C16H7F17O3. The highest BCUT2D eigenvalue weighted by atomic mass is 19.4. The molecule has 0 spiro atoms. The molecule has 0 N–H and O–H groups in total. The quantitative estimate of drug-likeness (QED) is 0.228. The van der Waals surface area contributed by atoms with Crippen LogP contribution in [0.1, 0.15) is 10.4 Å². The van der Waals surface area contributed by atoms with Gasteiger partial charge >= 0.3 is 47.8 Å². The third kappa shape index (κ3) is 4.24. The van der Waals surface area contributed by atoms with Crippen molar-refractivity contribution in [3.63, 3.8) is 0 Å². The number of ether oxygens (including phenoxy) is 2. The Morgan fingerprint density at radius 3 is 1.33 bits per heavy atom. The Labute approximate surface area is 186 Å². The second kappa shape index (κ2) is 8.70. The summed E-state index contributed by atoms with van der Waals surface area (Å²) in [5, 5.41) is 0. The van der Waals surface area contributed by atoms with Gasteiger partial charge in [-0.2, -0.15) is 74.6 Å². The van der Waals surface area contributed by atoms with Crippen LogP contribution in [-0.4, -0.2) is 61.2 Å². The van der Waals surface area contributed by atoms with Crippen LogP contribution >= 0.6 is 0 Å². The van der Waals surface area contributed by atoms with Crippen LogP contribution in [0.4, 0.5) is 74.6 Å². The Balaban J connectivity index is 3.64. The first-order chi connectivity index (χ1) is 15.7. The molecule has 0 fully saturated rings. The highest BCUT2D eigenvalue weighted by Crippen LogP contribution is 2.64. The van der Waals surface area contributed by atoms with Crippen LogP contribution in [0.2, 0.25) is 0 Å².